The summed E-state index contributed by atoms with van der Waals surface area (Å²) >= 11 is 0. The van der Waals surface area contributed by atoms with E-state index in [9.17, 15) is 9.59 Å². The Labute approximate surface area is 217 Å². The fourth-order valence-corrected chi connectivity index (χ4v) is 5.35. The van der Waals surface area contributed by atoms with Gasteiger partial charge in [0.25, 0.3) is 0 Å². The molecule has 0 bridgehead atoms. The molecule has 2 atom stereocenters. The maximum atomic E-state index is 13.8. The van der Waals surface area contributed by atoms with Crippen LogP contribution in [0.2, 0.25) is 0 Å². The molecule has 0 spiro atoms. The second-order valence-corrected chi connectivity index (χ2v) is 9.83. The van der Waals surface area contributed by atoms with Crippen molar-refractivity contribution in [3.05, 3.63) is 84.1 Å². The lowest BCUT2D eigenvalue weighted by Crippen LogP contribution is -2.52. The fraction of sp³-hybridized carbons (Fsp3) is 0.333. The summed E-state index contributed by atoms with van der Waals surface area (Å²) in [7, 11) is 0. The average molecular weight is 498 g/mol. The first-order valence-electron chi connectivity index (χ1n) is 13.2. The average Bonchev–Trinajstić information content (AvgIpc) is 3.50. The Hall–Kier alpha value is -3.84. The molecule has 4 aromatic rings. The van der Waals surface area contributed by atoms with Gasteiger partial charge in [0.1, 0.15) is 6.04 Å². The molecule has 37 heavy (non-hydrogen) atoms. The van der Waals surface area contributed by atoms with E-state index in [1.54, 1.807) is 9.80 Å². The van der Waals surface area contributed by atoms with Gasteiger partial charge in [0.15, 0.2) is 0 Å². The van der Waals surface area contributed by atoms with Crippen LogP contribution in [0.5, 0.6) is 0 Å². The van der Waals surface area contributed by atoms with Gasteiger partial charge in [0.05, 0.1) is 0 Å². The monoisotopic (exact) mass is 497 g/mol. The first kappa shape index (κ1) is 24.8. The van der Waals surface area contributed by atoms with Gasteiger partial charge in [-0.25, -0.2) is 4.79 Å². The minimum Gasteiger partial charge on any atom is -0.361 e. The minimum absolute atomic E-state index is 0.0383. The zero-order chi connectivity index (χ0) is 25.8. The summed E-state index contributed by atoms with van der Waals surface area (Å²) in [5.41, 5.74) is 9.03. The molecular formula is C30H35N5O2. The molecule has 2 heterocycles. The van der Waals surface area contributed by atoms with Crippen molar-refractivity contribution in [2.24, 2.45) is 5.73 Å². The molecule has 3 amide bonds. The molecule has 1 fully saturated rings. The second-order valence-electron chi connectivity index (χ2n) is 9.83. The number of rotatable bonds is 10. The molecule has 2 unspecified atom stereocenters. The highest BCUT2D eigenvalue weighted by Gasteiger charge is 2.37. The molecule has 5 rings (SSSR count). The Morgan fingerprint density at radius 2 is 1.81 bits per heavy atom. The molecule has 192 valence electrons. The molecular weight excluding hydrogens is 462 g/mol. The Balaban J connectivity index is 1.38. The second kappa shape index (κ2) is 11.0. The molecule has 7 heteroatoms. The van der Waals surface area contributed by atoms with E-state index in [1.165, 1.54) is 10.9 Å². The molecule has 1 aliphatic rings. The van der Waals surface area contributed by atoms with Crippen LogP contribution in [0.1, 0.15) is 24.5 Å². The van der Waals surface area contributed by atoms with Crippen LogP contribution in [-0.4, -0.2) is 65.0 Å². The third-order valence-corrected chi connectivity index (χ3v) is 7.43. The third-order valence-electron chi connectivity index (χ3n) is 7.43. The number of aromatic nitrogens is 1. The van der Waals surface area contributed by atoms with E-state index in [1.807, 2.05) is 30.5 Å². The summed E-state index contributed by atoms with van der Waals surface area (Å²) in [6.45, 7) is 4.09. The van der Waals surface area contributed by atoms with Crippen molar-refractivity contribution >= 4 is 33.6 Å². The van der Waals surface area contributed by atoms with Gasteiger partial charge < -0.3 is 25.8 Å². The van der Waals surface area contributed by atoms with E-state index in [0.29, 0.717) is 32.6 Å². The number of benzene rings is 3. The number of nitrogens with one attached hydrogen (secondary N) is 2. The minimum atomic E-state index is -0.589. The lowest BCUT2D eigenvalue weighted by atomic mass is 9.99. The largest absolute Gasteiger partial charge is 0.361 e. The lowest BCUT2D eigenvalue weighted by Gasteiger charge is -2.29. The van der Waals surface area contributed by atoms with Crippen LogP contribution in [0.15, 0.2) is 72.9 Å². The predicted octanol–water partition coefficient (Wildman–Crippen LogP) is 4.07. The van der Waals surface area contributed by atoms with Crippen LogP contribution in [0.25, 0.3) is 21.7 Å². The maximum Gasteiger partial charge on any atom is 0.320 e. The van der Waals surface area contributed by atoms with Crippen molar-refractivity contribution in [3.63, 3.8) is 0 Å². The number of hydrogen-bond donors (Lipinski definition) is 3. The standard InChI is InChI=1S/C30H35N5O2/c1-2-25(19-24-20-32-27-10-6-5-9-26(24)27)33-29(36)28(35-16-15-34(14-13-31)30(35)37)18-21-11-12-22-7-3-4-8-23(22)17-21/h3-12,17,20,25,28,32H,2,13-16,18-19,31H2,1H3,(H,33,36). The van der Waals surface area contributed by atoms with Gasteiger partial charge in [-0.15, -0.1) is 0 Å². The zero-order valence-electron chi connectivity index (χ0n) is 21.3. The summed E-state index contributed by atoms with van der Waals surface area (Å²) in [4.78, 5) is 33.8. The quantitative estimate of drug-likeness (QED) is 0.308. The van der Waals surface area contributed by atoms with Crippen LogP contribution in [0.4, 0.5) is 4.79 Å². The Kier molecular flexibility index (Phi) is 7.42. The van der Waals surface area contributed by atoms with E-state index >= 15 is 0 Å². The molecule has 1 saturated heterocycles. The number of hydrogen-bond acceptors (Lipinski definition) is 3. The Morgan fingerprint density at radius 3 is 2.62 bits per heavy atom. The normalized spacial score (nSPS) is 15.5. The van der Waals surface area contributed by atoms with Gasteiger partial charge in [-0.2, -0.15) is 0 Å². The number of nitrogens with zero attached hydrogens (tertiary/aromatic N) is 2. The Bertz CT molecular complexity index is 1400. The van der Waals surface area contributed by atoms with Crippen molar-refractivity contribution in [3.8, 4) is 0 Å². The number of carbonyl (C=O) groups excluding carboxylic acids is 2. The first-order chi connectivity index (χ1) is 18.1. The highest BCUT2D eigenvalue weighted by Crippen LogP contribution is 2.22. The number of H-pyrrole nitrogens is 1. The van der Waals surface area contributed by atoms with Crippen molar-refractivity contribution < 1.29 is 9.59 Å². The van der Waals surface area contributed by atoms with Crippen molar-refractivity contribution in [2.45, 2.75) is 38.3 Å². The van der Waals surface area contributed by atoms with Gasteiger partial charge in [0.2, 0.25) is 5.91 Å². The van der Waals surface area contributed by atoms with Crippen LogP contribution in [0, 0.1) is 0 Å². The van der Waals surface area contributed by atoms with Gasteiger partial charge in [-0.3, -0.25) is 4.79 Å². The van der Waals surface area contributed by atoms with Gasteiger partial charge in [-0.1, -0.05) is 67.6 Å². The zero-order valence-corrected chi connectivity index (χ0v) is 21.3. The van der Waals surface area contributed by atoms with E-state index in [0.717, 1.165) is 34.7 Å². The predicted molar refractivity (Wildman–Crippen MR) is 148 cm³/mol. The molecule has 7 nitrogen and oxygen atoms in total. The number of urea groups is 1. The Morgan fingerprint density at radius 1 is 1.03 bits per heavy atom. The fourth-order valence-electron chi connectivity index (χ4n) is 5.35. The number of nitrogens with two attached hydrogens (primary N) is 1. The summed E-state index contributed by atoms with van der Waals surface area (Å²) in [5.74, 6) is -0.109. The number of fused-ring (bicyclic) bond motifs is 2. The summed E-state index contributed by atoms with van der Waals surface area (Å²) in [6, 6.07) is 21.9. The van der Waals surface area contributed by atoms with E-state index in [2.05, 4.69) is 59.7 Å². The van der Waals surface area contributed by atoms with Crippen molar-refractivity contribution in [1.82, 2.24) is 20.1 Å². The van der Waals surface area contributed by atoms with Crippen LogP contribution < -0.4 is 11.1 Å². The van der Waals surface area contributed by atoms with E-state index in [-0.39, 0.29) is 18.0 Å². The van der Waals surface area contributed by atoms with Gasteiger partial charge >= 0.3 is 6.03 Å². The van der Waals surface area contributed by atoms with Gasteiger partial charge in [-0.05, 0) is 40.8 Å². The molecule has 4 N–H and O–H groups in total. The molecule has 0 aliphatic carbocycles. The van der Waals surface area contributed by atoms with Crippen molar-refractivity contribution in [2.75, 3.05) is 26.2 Å². The smallest absolute Gasteiger partial charge is 0.320 e. The number of amides is 3. The highest BCUT2D eigenvalue weighted by molar-refractivity contribution is 5.89. The number of para-hydroxylation sites is 1. The van der Waals surface area contributed by atoms with Gasteiger partial charge in [0, 0.05) is 55.7 Å². The van der Waals surface area contributed by atoms with Crippen LogP contribution >= 0.6 is 0 Å². The number of aromatic amines is 1. The SMILES string of the molecule is CCC(Cc1c[nH]c2ccccc12)NC(=O)C(Cc1ccc2ccccc2c1)N1CCN(CCN)C1=O. The van der Waals surface area contributed by atoms with E-state index in [4.69, 9.17) is 5.73 Å². The third kappa shape index (κ3) is 5.32. The molecule has 0 radical (unpaired) electrons. The molecule has 3 aromatic carbocycles. The molecule has 1 aromatic heterocycles. The van der Waals surface area contributed by atoms with Crippen molar-refractivity contribution in [1.29, 1.82) is 0 Å². The summed E-state index contributed by atoms with van der Waals surface area (Å²) in [5, 5.41) is 6.74. The maximum absolute atomic E-state index is 13.8. The highest BCUT2D eigenvalue weighted by atomic mass is 16.2. The molecule has 1 aliphatic heterocycles. The number of carbonyl (C=O) groups is 2. The van der Waals surface area contributed by atoms with Crippen LogP contribution in [-0.2, 0) is 17.6 Å². The summed E-state index contributed by atoms with van der Waals surface area (Å²) in [6.07, 6.45) is 4.01. The lowest BCUT2D eigenvalue weighted by molar-refractivity contribution is -0.126. The topological polar surface area (TPSA) is 94.5 Å². The molecule has 0 saturated carbocycles. The summed E-state index contributed by atoms with van der Waals surface area (Å²) < 4.78 is 0. The first-order valence-corrected chi connectivity index (χ1v) is 13.2. The van der Waals surface area contributed by atoms with E-state index < -0.39 is 6.04 Å². The van der Waals surface area contributed by atoms with Crippen LogP contribution in [0.3, 0.4) is 0 Å².